The van der Waals surface area contributed by atoms with Gasteiger partial charge in [0, 0.05) is 48.9 Å². The van der Waals surface area contributed by atoms with Gasteiger partial charge in [-0.3, -0.25) is 4.79 Å². The Kier molecular flexibility index (Phi) is 6.24. The summed E-state index contributed by atoms with van der Waals surface area (Å²) in [4.78, 5) is 23.9. The zero-order chi connectivity index (χ0) is 22.9. The Morgan fingerprint density at radius 3 is 2.75 bits per heavy atom. The topological polar surface area (TPSA) is 46.1 Å². The van der Waals surface area contributed by atoms with Crippen LogP contribution in [0.1, 0.15) is 44.1 Å². The first-order chi connectivity index (χ1) is 15.2. The Bertz CT molecular complexity index is 1160. The number of anilines is 1. The second-order valence-electron chi connectivity index (χ2n) is 7.94. The van der Waals surface area contributed by atoms with Crippen molar-refractivity contribution in [2.75, 3.05) is 11.4 Å². The number of aryl methyl sites for hydroxylation is 1. The van der Waals surface area contributed by atoms with E-state index in [1.54, 1.807) is 12.1 Å². The number of carbonyl (C=O) groups is 1. The van der Waals surface area contributed by atoms with Gasteiger partial charge in [0.1, 0.15) is 5.82 Å². The molecule has 1 aliphatic rings. The van der Waals surface area contributed by atoms with E-state index in [0.717, 1.165) is 47.6 Å². The summed E-state index contributed by atoms with van der Waals surface area (Å²) in [6.07, 6.45) is -1.93. The highest BCUT2D eigenvalue weighted by molar-refractivity contribution is 7.79. The molecule has 1 aliphatic heterocycles. The normalized spacial score (nSPS) is 13.7. The van der Waals surface area contributed by atoms with Crippen LogP contribution in [0.25, 0.3) is 0 Å². The van der Waals surface area contributed by atoms with Crippen molar-refractivity contribution in [2.24, 2.45) is 0 Å². The molecular weight excluding hydrogens is 435 g/mol. The molecule has 4 rings (SSSR count). The predicted molar refractivity (Wildman–Crippen MR) is 120 cm³/mol. The molecule has 1 aromatic heterocycles. The van der Waals surface area contributed by atoms with Gasteiger partial charge < -0.3 is 4.90 Å². The first-order valence-electron chi connectivity index (χ1n) is 10.2. The molecule has 0 unspecified atom stereocenters. The maximum Gasteiger partial charge on any atom is 0.416 e. The van der Waals surface area contributed by atoms with E-state index in [1.165, 1.54) is 6.07 Å². The summed E-state index contributed by atoms with van der Waals surface area (Å²) in [5, 5.41) is 0. The minimum absolute atomic E-state index is 0.0873. The van der Waals surface area contributed by atoms with Gasteiger partial charge in [-0.05, 0) is 42.3 Å². The van der Waals surface area contributed by atoms with Crippen LogP contribution < -0.4 is 4.90 Å². The number of Topliss-reactive ketones (excluding diaryl/α,β-unsaturated/α-hetero) is 1. The monoisotopic (exact) mass is 457 g/mol. The molecule has 3 aromatic rings. The van der Waals surface area contributed by atoms with Crippen LogP contribution in [0.5, 0.6) is 0 Å². The maximum atomic E-state index is 13.0. The molecule has 166 valence electrons. The molecule has 32 heavy (non-hydrogen) atoms. The van der Waals surface area contributed by atoms with Crippen molar-refractivity contribution in [3.05, 3.63) is 88.0 Å². The minimum atomic E-state index is -4.43. The number of benzene rings is 2. The minimum Gasteiger partial charge on any atom is -0.367 e. The summed E-state index contributed by atoms with van der Waals surface area (Å²) in [6, 6.07) is 10.5. The number of hydrogen-bond donors (Lipinski definition) is 1. The quantitative estimate of drug-likeness (QED) is 0.421. The average Bonchev–Trinajstić information content (AvgIpc) is 2.77. The van der Waals surface area contributed by atoms with Crippen molar-refractivity contribution in [3.8, 4) is 0 Å². The van der Waals surface area contributed by atoms with Crippen LogP contribution in [-0.2, 0) is 31.3 Å². The number of rotatable bonds is 5. The highest BCUT2D eigenvalue weighted by Crippen LogP contribution is 2.30. The van der Waals surface area contributed by atoms with Gasteiger partial charge in [0.2, 0.25) is 0 Å². The number of nitrogens with zero attached hydrogens (tertiary/aromatic N) is 3. The fourth-order valence-electron chi connectivity index (χ4n) is 3.91. The largest absolute Gasteiger partial charge is 0.416 e. The third-order valence-corrected chi connectivity index (χ3v) is 5.78. The molecule has 2 aromatic carbocycles. The second-order valence-corrected chi connectivity index (χ2v) is 8.26. The molecule has 0 spiro atoms. The van der Waals surface area contributed by atoms with Crippen molar-refractivity contribution in [2.45, 2.75) is 38.2 Å². The van der Waals surface area contributed by atoms with Gasteiger partial charge in [-0.2, -0.15) is 25.8 Å². The fourth-order valence-corrected chi connectivity index (χ4v) is 4.06. The smallest absolute Gasteiger partial charge is 0.367 e. The zero-order valence-electron chi connectivity index (χ0n) is 17.5. The van der Waals surface area contributed by atoms with Gasteiger partial charge in [-0.15, -0.1) is 0 Å². The summed E-state index contributed by atoms with van der Waals surface area (Å²) >= 11 is 4.23. The Morgan fingerprint density at radius 2 is 2.00 bits per heavy atom. The summed E-state index contributed by atoms with van der Waals surface area (Å²) < 4.78 is 39.0. The van der Waals surface area contributed by atoms with Crippen LogP contribution >= 0.6 is 12.6 Å². The van der Waals surface area contributed by atoms with E-state index < -0.39 is 11.7 Å². The number of ketones is 1. The van der Waals surface area contributed by atoms with Crippen LogP contribution in [0.2, 0.25) is 0 Å². The number of fused-ring (bicyclic) bond motifs is 1. The fraction of sp³-hybridized carbons (Fsp3) is 0.292. The number of hydrogen-bond acceptors (Lipinski definition) is 5. The molecule has 0 N–H and O–H groups in total. The third kappa shape index (κ3) is 4.96. The summed E-state index contributed by atoms with van der Waals surface area (Å²) in [5.41, 5.74) is 3.97. The Hall–Kier alpha value is -2.87. The van der Waals surface area contributed by atoms with E-state index in [1.807, 2.05) is 25.3 Å². The number of thiol groups is 1. The molecule has 0 amide bonds. The van der Waals surface area contributed by atoms with Gasteiger partial charge in [0.05, 0.1) is 17.0 Å². The first-order valence-corrected chi connectivity index (χ1v) is 10.9. The van der Waals surface area contributed by atoms with Gasteiger partial charge in [-0.1, -0.05) is 18.2 Å². The summed E-state index contributed by atoms with van der Waals surface area (Å²) in [7, 11) is 0. The van der Waals surface area contributed by atoms with E-state index in [0.29, 0.717) is 29.2 Å². The van der Waals surface area contributed by atoms with Crippen LogP contribution in [-0.4, -0.2) is 22.3 Å². The van der Waals surface area contributed by atoms with E-state index >= 15 is 0 Å². The van der Waals surface area contributed by atoms with E-state index in [-0.39, 0.29) is 12.2 Å². The van der Waals surface area contributed by atoms with Gasteiger partial charge >= 0.3 is 6.18 Å². The molecule has 0 saturated carbocycles. The molecule has 0 bridgehead atoms. The molecule has 0 radical (unpaired) electrons. The Morgan fingerprint density at radius 1 is 1.19 bits per heavy atom. The van der Waals surface area contributed by atoms with Crippen molar-refractivity contribution >= 4 is 24.1 Å². The first kappa shape index (κ1) is 22.3. The molecule has 0 aliphatic carbocycles. The van der Waals surface area contributed by atoms with Crippen LogP contribution in [0.15, 0.2) is 48.7 Å². The zero-order valence-corrected chi connectivity index (χ0v) is 18.4. The lowest BCUT2D eigenvalue weighted by Gasteiger charge is -2.30. The van der Waals surface area contributed by atoms with Gasteiger partial charge in [0.15, 0.2) is 5.78 Å². The standard InChI is InChI=1S/C24H22F3N3OS/c1-15-7-17(22(31)10-16-3-2-4-19(9-16)24(25,26)27)11-20(8-15)30-6-5-21-18(13-30)12-28-23(14-32)29-21/h2-4,7-9,11-12,32H,5-6,10,13-14H2,1H3. The lowest BCUT2D eigenvalue weighted by atomic mass is 9.98. The van der Waals surface area contributed by atoms with E-state index in [9.17, 15) is 18.0 Å². The molecular formula is C24H22F3N3OS. The van der Waals surface area contributed by atoms with Crippen molar-refractivity contribution < 1.29 is 18.0 Å². The lowest BCUT2D eigenvalue weighted by Crippen LogP contribution is -2.31. The highest BCUT2D eigenvalue weighted by Gasteiger charge is 2.30. The van der Waals surface area contributed by atoms with Crippen LogP contribution in [0, 0.1) is 6.92 Å². The Balaban J connectivity index is 1.54. The van der Waals surface area contributed by atoms with E-state index in [4.69, 9.17) is 0 Å². The molecule has 0 saturated heterocycles. The van der Waals surface area contributed by atoms with Gasteiger partial charge in [-0.25, -0.2) is 9.97 Å². The predicted octanol–water partition coefficient (Wildman–Crippen LogP) is 5.22. The highest BCUT2D eigenvalue weighted by atomic mass is 32.1. The SMILES string of the molecule is Cc1cc(C(=O)Cc2cccc(C(F)(F)F)c2)cc(N2CCc3nc(CS)ncc3C2)c1. The van der Waals surface area contributed by atoms with Crippen molar-refractivity contribution in [1.29, 1.82) is 0 Å². The van der Waals surface area contributed by atoms with Gasteiger partial charge in [0.25, 0.3) is 0 Å². The molecule has 8 heteroatoms. The lowest BCUT2D eigenvalue weighted by molar-refractivity contribution is -0.137. The summed E-state index contributed by atoms with van der Waals surface area (Å²) in [6.45, 7) is 3.29. The molecule has 0 fully saturated rings. The van der Waals surface area contributed by atoms with Crippen LogP contribution in [0.3, 0.4) is 0 Å². The molecule has 0 atom stereocenters. The molecule has 2 heterocycles. The number of halogens is 3. The molecule has 4 nitrogen and oxygen atoms in total. The van der Waals surface area contributed by atoms with Crippen LogP contribution in [0.4, 0.5) is 18.9 Å². The second kappa shape index (κ2) is 8.94. The third-order valence-electron chi connectivity index (χ3n) is 5.49. The number of aromatic nitrogens is 2. The Labute approximate surface area is 189 Å². The number of carbonyl (C=O) groups excluding carboxylic acids is 1. The van der Waals surface area contributed by atoms with Crippen molar-refractivity contribution in [1.82, 2.24) is 9.97 Å². The summed E-state index contributed by atoms with van der Waals surface area (Å²) in [5.74, 6) is 0.985. The number of alkyl halides is 3. The maximum absolute atomic E-state index is 13.0. The average molecular weight is 458 g/mol. The van der Waals surface area contributed by atoms with E-state index in [2.05, 4.69) is 27.5 Å². The van der Waals surface area contributed by atoms with Crippen molar-refractivity contribution in [3.63, 3.8) is 0 Å².